The smallest absolute Gasteiger partial charge is 0.164 e. The summed E-state index contributed by atoms with van der Waals surface area (Å²) in [6, 6.07) is 4.10. The standard InChI is InChI=1S/C11H10BrFO/c1-2-3-4-11(14)9-7-8(13)5-6-10(9)12/h2,5-7H,1,3-4H2. The topological polar surface area (TPSA) is 17.1 Å². The fourth-order valence-electron chi connectivity index (χ4n) is 1.08. The third-order valence-electron chi connectivity index (χ3n) is 1.80. The predicted molar refractivity (Wildman–Crippen MR) is 57.9 cm³/mol. The minimum Gasteiger partial charge on any atom is -0.294 e. The van der Waals surface area contributed by atoms with Crippen LogP contribution in [0.5, 0.6) is 0 Å². The summed E-state index contributed by atoms with van der Waals surface area (Å²) in [6.07, 6.45) is 2.65. The molecule has 0 heterocycles. The highest BCUT2D eigenvalue weighted by Crippen LogP contribution is 2.19. The second-order valence-electron chi connectivity index (χ2n) is 2.87. The Morgan fingerprint density at radius 2 is 2.29 bits per heavy atom. The van der Waals surface area contributed by atoms with E-state index in [1.54, 1.807) is 6.08 Å². The van der Waals surface area contributed by atoms with Crippen molar-refractivity contribution in [1.82, 2.24) is 0 Å². The summed E-state index contributed by atoms with van der Waals surface area (Å²) >= 11 is 3.21. The molecule has 0 bridgehead atoms. The molecule has 3 heteroatoms. The number of hydrogen-bond donors (Lipinski definition) is 0. The molecule has 0 radical (unpaired) electrons. The summed E-state index contributed by atoms with van der Waals surface area (Å²) in [7, 11) is 0. The summed E-state index contributed by atoms with van der Waals surface area (Å²) in [5.41, 5.74) is 0.395. The van der Waals surface area contributed by atoms with E-state index in [2.05, 4.69) is 22.5 Å². The summed E-state index contributed by atoms with van der Waals surface area (Å²) < 4.78 is 13.5. The van der Waals surface area contributed by atoms with Crippen LogP contribution in [0.4, 0.5) is 4.39 Å². The first-order chi connectivity index (χ1) is 6.65. The van der Waals surface area contributed by atoms with E-state index in [-0.39, 0.29) is 5.78 Å². The molecule has 0 saturated heterocycles. The van der Waals surface area contributed by atoms with E-state index in [9.17, 15) is 9.18 Å². The van der Waals surface area contributed by atoms with Crippen LogP contribution < -0.4 is 0 Å². The molecule has 0 fully saturated rings. The second kappa shape index (κ2) is 5.05. The Labute approximate surface area is 90.8 Å². The molecule has 14 heavy (non-hydrogen) atoms. The minimum atomic E-state index is -0.393. The zero-order valence-electron chi connectivity index (χ0n) is 7.59. The molecule has 0 aliphatic heterocycles. The fraction of sp³-hybridized carbons (Fsp3) is 0.182. The van der Waals surface area contributed by atoms with Gasteiger partial charge in [0, 0.05) is 16.5 Å². The largest absolute Gasteiger partial charge is 0.294 e. The number of benzene rings is 1. The third kappa shape index (κ3) is 2.77. The van der Waals surface area contributed by atoms with Crippen molar-refractivity contribution < 1.29 is 9.18 Å². The Kier molecular flexibility index (Phi) is 4.01. The summed E-state index contributed by atoms with van der Waals surface area (Å²) in [5, 5.41) is 0. The molecule has 0 aliphatic rings. The highest BCUT2D eigenvalue weighted by molar-refractivity contribution is 9.10. The van der Waals surface area contributed by atoms with Crippen molar-refractivity contribution in [1.29, 1.82) is 0 Å². The first-order valence-electron chi connectivity index (χ1n) is 4.24. The minimum absolute atomic E-state index is 0.0729. The van der Waals surface area contributed by atoms with Crippen molar-refractivity contribution in [2.45, 2.75) is 12.8 Å². The van der Waals surface area contributed by atoms with E-state index in [1.165, 1.54) is 18.2 Å². The van der Waals surface area contributed by atoms with Gasteiger partial charge in [-0.05, 0) is 24.6 Å². The van der Waals surface area contributed by atoms with Gasteiger partial charge in [-0.25, -0.2) is 4.39 Å². The van der Waals surface area contributed by atoms with Crippen LogP contribution in [0.2, 0.25) is 0 Å². The van der Waals surface area contributed by atoms with E-state index in [0.717, 1.165) is 0 Å². The molecule has 0 aromatic heterocycles. The van der Waals surface area contributed by atoms with Crippen molar-refractivity contribution in [2.75, 3.05) is 0 Å². The molecule has 0 saturated carbocycles. The van der Waals surface area contributed by atoms with Crippen LogP contribution in [0, 0.1) is 5.82 Å². The predicted octanol–water partition coefficient (Wildman–Crippen LogP) is 3.74. The number of allylic oxidation sites excluding steroid dienone is 1. The van der Waals surface area contributed by atoms with E-state index in [4.69, 9.17) is 0 Å². The van der Waals surface area contributed by atoms with Gasteiger partial charge in [0.25, 0.3) is 0 Å². The molecule has 1 aromatic rings. The Bertz CT molecular complexity index is 360. The molecule has 0 N–H and O–H groups in total. The van der Waals surface area contributed by atoms with Gasteiger partial charge in [0.05, 0.1) is 0 Å². The van der Waals surface area contributed by atoms with E-state index in [0.29, 0.717) is 22.9 Å². The molecule has 0 unspecified atom stereocenters. The molecule has 1 nitrogen and oxygen atoms in total. The Morgan fingerprint density at radius 3 is 2.93 bits per heavy atom. The van der Waals surface area contributed by atoms with E-state index >= 15 is 0 Å². The SMILES string of the molecule is C=CCCC(=O)c1cc(F)ccc1Br. The molecule has 1 aromatic carbocycles. The second-order valence-corrected chi connectivity index (χ2v) is 3.73. The van der Waals surface area contributed by atoms with Crippen LogP contribution in [0.15, 0.2) is 35.3 Å². The monoisotopic (exact) mass is 256 g/mol. The number of ketones is 1. The van der Waals surface area contributed by atoms with Crippen LogP contribution in [0.25, 0.3) is 0 Å². The normalized spacial score (nSPS) is 9.86. The van der Waals surface area contributed by atoms with Crippen molar-refractivity contribution in [3.05, 3.63) is 46.7 Å². The van der Waals surface area contributed by atoms with Crippen LogP contribution in [-0.2, 0) is 0 Å². The molecule has 74 valence electrons. The van der Waals surface area contributed by atoms with Gasteiger partial charge in [0.2, 0.25) is 0 Å². The van der Waals surface area contributed by atoms with E-state index < -0.39 is 5.82 Å². The highest BCUT2D eigenvalue weighted by Gasteiger charge is 2.09. The van der Waals surface area contributed by atoms with Gasteiger partial charge in [-0.1, -0.05) is 22.0 Å². The van der Waals surface area contributed by atoms with Crippen LogP contribution in [0.3, 0.4) is 0 Å². The third-order valence-corrected chi connectivity index (χ3v) is 2.50. The molecule has 0 aliphatic carbocycles. The highest BCUT2D eigenvalue weighted by atomic mass is 79.9. The van der Waals surface area contributed by atoms with Crippen molar-refractivity contribution >= 4 is 21.7 Å². The van der Waals surface area contributed by atoms with Crippen LogP contribution in [0.1, 0.15) is 23.2 Å². The van der Waals surface area contributed by atoms with Gasteiger partial charge in [-0.3, -0.25) is 4.79 Å². The average Bonchev–Trinajstić information content (AvgIpc) is 2.18. The Balaban J connectivity index is 2.88. The van der Waals surface area contributed by atoms with Crippen LogP contribution >= 0.6 is 15.9 Å². The first kappa shape index (κ1) is 11.1. The number of carbonyl (C=O) groups is 1. The number of Topliss-reactive ketones (excluding diaryl/α,β-unsaturated/α-hetero) is 1. The van der Waals surface area contributed by atoms with E-state index in [1.807, 2.05) is 0 Å². The lowest BCUT2D eigenvalue weighted by atomic mass is 10.1. The Morgan fingerprint density at radius 1 is 1.57 bits per heavy atom. The lowest BCUT2D eigenvalue weighted by Crippen LogP contribution is -2.00. The van der Waals surface area contributed by atoms with Crippen molar-refractivity contribution in [3.8, 4) is 0 Å². The van der Waals surface area contributed by atoms with Gasteiger partial charge < -0.3 is 0 Å². The van der Waals surface area contributed by atoms with Crippen molar-refractivity contribution in [2.24, 2.45) is 0 Å². The fourth-order valence-corrected chi connectivity index (χ4v) is 1.55. The number of rotatable bonds is 4. The molecular weight excluding hydrogens is 247 g/mol. The van der Waals surface area contributed by atoms with Gasteiger partial charge in [-0.2, -0.15) is 0 Å². The van der Waals surface area contributed by atoms with Crippen LogP contribution in [-0.4, -0.2) is 5.78 Å². The molecule has 1 rings (SSSR count). The lowest BCUT2D eigenvalue weighted by Gasteiger charge is -2.02. The maximum Gasteiger partial charge on any atom is 0.164 e. The summed E-state index contributed by atoms with van der Waals surface area (Å²) in [4.78, 5) is 11.5. The van der Waals surface area contributed by atoms with Gasteiger partial charge in [-0.15, -0.1) is 6.58 Å². The Hall–Kier alpha value is -0.960. The van der Waals surface area contributed by atoms with Gasteiger partial charge in [0.1, 0.15) is 5.82 Å². The zero-order chi connectivity index (χ0) is 10.6. The molecule has 0 atom stereocenters. The van der Waals surface area contributed by atoms with Gasteiger partial charge in [0.15, 0.2) is 5.78 Å². The first-order valence-corrected chi connectivity index (χ1v) is 5.03. The van der Waals surface area contributed by atoms with Gasteiger partial charge >= 0.3 is 0 Å². The maximum atomic E-state index is 12.8. The average molecular weight is 257 g/mol. The number of hydrogen-bond acceptors (Lipinski definition) is 1. The summed E-state index contributed by atoms with van der Waals surface area (Å²) in [6.45, 7) is 3.53. The quantitative estimate of drug-likeness (QED) is 0.593. The zero-order valence-corrected chi connectivity index (χ0v) is 9.18. The van der Waals surface area contributed by atoms with Crippen molar-refractivity contribution in [3.63, 3.8) is 0 Å². The number of halogens is 2. The maximum absolute atomic E-state index is 12.8. The molecular formula is C11H10BrFO. The molecule has 0 spiro atoms. The molecule has 0 amide bonds. The lowest BCUT2D eigenvalue weighted by molar-refractivity contribution is 0.0982. The summed E-state index contributed by atoms with van der Waals surface area (Å²) in [5.74, 6) is -0.466. The number of carbonyl (C=O) groups excluding carboxylic acids is 1.